The molecule has 0 amide bonds. The Kier molecular flexibility index (Phi) is 4.98. The maximum Gasteiger partial charge on any atom is 0.278 e. The van der Waals surface area contributed by atoms with Gasteiger partial charge < -0.3 is 10.1 Å². The molecule has 8 heteroatoms. The van der Waals surface area contributed by atoms with Crippen LogP contribution in [0.4, 0.5) is 11.5 Å². The minimum absolute atomic E-state index is 0.0963. The van der Waals surface area contributed by atoms with E-state index in [9.17, 15) is 10.1 Å². The number of hydrogen-bond donors (Lipinski definition) is 1. The van der Waals surface area contributed by atoms with Gasteiger partial charge in [-0.3, -0.25) is 10.1 Å². The summed E-state index contributed by atoms with van der Waals surface area (Å²) in [5.74, 6) is 0.977. The first-order valence-corrected chi connectivity index (χ1v) is 7.20. The number of pyridine rings is 1. The van der Waals surface area contributed by atoms with Crippen molar-refractivity contribution < 1.29 is 9.66 Å². The number of hydrogen-bond acceptors (Lipinski definition) is 5. The number of rotatable bonds is 5. The molecule has 0 aliphatic rings. The topological polar surface area (TPSA) is 77.3 Å². The molecule has 0 fully saturated rings. The first-order chi connectivity index (χ1) is 9.99. The third kappa shape index (κ3) is 4.05. The van der Waals surface area contributed by atoms with Crippen LogP contribution in [0.3, 0.4) is 0 Å². The summed E-state index contributed by atoms with van der Waals surface area (Å²) in [6.45, 7) is 2.47. The first kappa shape index (κ1) is 15.5. The second-order valence-corrected chi connectivity index (χ2v) is 5.30. The van der Waals surface area contributed by atoms with Gasteiger partial charge in [-0.05, 0) is 41.1 Å². The van der Waals surface area contributed by atoms with Crippen molar-refractivity contribution in [1.29, 1.82) is 0 Å². The van der Waals surface area contributed by atoms with Gasteiger partial charge in [0.05, 0.1) is 21.5 Å². The van der Waals surface area contributed by atoms with E-state index in [2.05, 4.69) is 26.2 Å². The summed E-state index contributed by atoms with van der Waals surface area (Å²) in [7, 11) is 0. The molecule has 1 N–H and O–H groups in total. The highest BCUT2D eigenvalue weighted by molar-refractivity contribution is 9.10. The summed E-state index contributed by atoms with van der Waals surface area (Å²) in [5.41, 5.74) is -0.0963. The second-order valence-electron chi connectivity index (χ2n) is 4.01. The third-order valence-electron chi connectivity index (χ3n) is 2.46. The number of aromatic nitrogens is 1. The van der Waals surface area contributed by atoms with Crippen LogP contribution in [0.15, 0.2) is 34.8 Å². The van der Waals surface area contributed by atoms with Crippen molar-refractivity contribution in [3.05, 3.63) is 49.9 Å². The SMILES string of the molecule is CCNc1cc([N+](=O)[O-])cc(Oc2ccc(Cl)cc2Br)n1. The van der Waals surface area contributed by atoms with Crippen molar-refractivity contribution in [2.75, 3.05) is 11.9 Å². The fourth-order valence-electron chi connectivity index (χ4n) is 1.59. The number of benzene rings is 1. The molecular weight excluding hydrogens is 362 g/mol. The molecule has 110 valence electrons. The molecule has 0 aliphatic heterocycles. The second kappa shape index (κ2) is 6.73. The van der Waals surface area contributed by atoms with Gasteiger partial charge >= 0.3 is 0 Å². The Balaban J connectivity index is 2.36. The number of halogens is 2. The average Bonchev–Trinajstić information content (AvgIpc) is 2.42. The van der Waals surface area contributed by atoms with Crippen LogP contribution >= 0.6 is 27.5 Å². The highest BCUT2D eigenvalue weighted by Crippen LogP contribution is 2.33. The third-order valence-corrected chi connectivity index (χ3v) is 3.32. The van der Waals surface area contributed by atoms with Crippen molar-refractivity contribution in [1.82, 2.24) is 4.98 Å². The highest BCUT2D eigenvalue weighted by Gasteiger charge is 2.13. The van der Waals surface area contributed by atoms with E-state index in [4.69, 9.17) is 16.3 Å². The zero-order valence-corrected chi connectivity index (χ0v) is 13.3. The summed E-state index contributed by atoms with van der Waals surface area (Å²) in [4.78, 5) is 14.6. The molecule has 0 saturated heterocycles. The van der Waals surface area contributed by atoms with Gasteiger partial charge in [-0.2, -0.15) is 4.98 Å². The largest absolute Gasteiger partial charge is 0.438 e. The molecule has 2 rings (SSSR count). The first-order valence-electron chi connectivity index (χ1n) is 6.03. The van der Waals surface area contributed by atoms with Crippen molar-refractivity contribution in [2.24, 2.45) is 0 Å². The maximum absolute atomic E-state index is 10.9. The summed E-state index contributed by atoms with van der Waals surface area (Å²) >= 11 is 9.17. The number of nitro groups is 1. The van der Waals surface area contributed by atoms with E-state index < -0.39 is 4.92 Å². The molecule has 1 aromatic heterocycles. The van der Waals surface area contributed by atoms with Gasteiger partial charge in [-0.15, -0.1) is 0 Å². The molecule has 0 spiro atoms. The number of nitrogens with one attached hydrogen (secondary N) is 1. The summed E-state index contributed by atoms with van der Waals surface area (Å²) < 4.78 is 6.21. The van der Waals surface area contributed by atoms with Gasteiger partial charge in [0.15, 0.2) is 0 Å². The molecule has 0 aliphatic carbocycles. The lowest BCUT2D eigenvalue weighted by molar-refractivity contribution is -0.384. The molecule has 0 atom stereocenters. The maximum atomic E-state index is 10.9. The Hall–Kier alpha value is -1.86. The van der Waals surface area contributed by atoms with Gasteiger partial charge in [0.2, 0.25) is 5.88 Å². The van der Waals surface area contributed by atoms with Crippen LogP contribution in [-0.2, 0) is 0 Å². The standard InChI is InChI=1S/C13H11BrClN3O3/c1-2-16-12-6-9(18(19)20)7-13(17-12)21-11-4-3-8(15)5-10(11)14/h3-7H,2H2,1H3,(H,16,17). The molecule has 0 saturated carbocycles. The van der Waals surface area contributed by atoms with Gasteiger partial charge in [0.25, 0.3) is 5.69 Å². The van der Waals surface area contributed by atoms with Crippen LogP contribution < -0.4 is 10.1 Å². The van der Waals surface area contributed by atoms with Crippen LogP contribution in [0.2, 0.25) is 5.02 Å². The predicted molar refractivity (Wildman–Crippen MR) is 84.3 cm³/mol. The molecule has 21 heavy (non-hydrogen) atoms. The normalized spacial score (nSPS) is 10.2. The Bertz CT molecular complexity index is 682. The summed E-state index contributed by atoms with van der Waals surface area (Å²) in [5, 5.41) is 14.4. The van der Waals surface area contributed by atoms with E-state index in [0.29, 0.717) is 27.6 Å². The lowest BCUT2D eigenvalue weighted by Gasteiger charge is -2.09. The molecule has 0 unspecified atom stereocenters. The predicted octanol–water partition coefficient (Wildman–Crippen LogP) is 4.63. The van der Waals surface area contributed by atoms with Crippen molar-refractivity contribution in [3.8, 4) is 11.6 Å². The van der Waals surface area contributed by atoms with E-state index >= 15 is 0 Å². The van der Waals surface area contributed by atoms with Gasteiger partial charge in [0.1, 0.15) is 11.6 Å². The van der Waals surface area contributed by atoms with Crippen LogP contribution in [0.25, 0.3) is 0 Å². The van der Waals surface area contributed by atoms with E-state index in [1.807, 2.05) is 6.92 Å². The average molecular weight is 373 g/mol. The van der Waals surface area contributed by atoms with E-state index in [0.717, 1.165) is 0 Å². The van der Waals surface area contributed by atoms with Crippen LogP contribution in [0.5, 0.6) is 11.6 Å². The van der Waals surface area contributed by atoms with Crippen LogP contribution in [0.1, 0.15) is 6.92 Å². The van der Waals surface area contributed by atoms with Gasteiger partial charge in [0, 0.05) is 11.6 Å². The quantitative estimate of drug-likeness (QED) is 0.611. The van der Waals surface area contributed by atoms with E-state index in [1.54, 1.807) is 18.2 Å². The zero-order valence-electron chi connectivity index (χ0n) is 11.0. The molecule has 1 aromatic carbocycles. The van der Waals surface area contributed by atoms with Gasteiger partial charge in [-0.25, -0.2) is 0 Å². The summed E-state index contributed by atoms with van der Waals surface area (Å²) in [6.07, 6.45) is 0. The number of ether oxygens (including phenoxy) is 1. The molecular formula is C13H11BrClN3O3. The van der Waals surface area contributed by atoms with Crippen molar-refractivity contribution >= 4 is 39.0 Å². The molecule has 0 bridgehead atoms. The zero-order chi connectivity index (χ0) is 15.4. The Labute approximate surface area is 134 Å². The Morgan fingerprint density at radius 3 is 2.81 bits per heavy atom. The lowest BCUT2D eigenvalue weighted by atomic mass is 10.3. The minimum atomic E-state index is -0.494. The Morgan fingerprint density at radius 2 is 2.19 bits per heavy atom. The molecule has 6 nitrogen and oxygen atoms in total. The number of anilines is 1. The fraction of sp³-hybridized carbons (Fsp3) is 0.154. The van der Waals surface area contributed by atoms with Crippen LogP contribution in [-0.4, -0.2) is 16.5 Å². The summed E-state index contributed by atoms with van der Waals surface area (Å²) in [6, 6.07) is 7.60. The smallest absolute Gasteiger partial charge is 0.278 e. The van der Waals surface area contributed by atoms with Crippen LogP contribution in [0, 0.1) is 10.1 Å². The van der Waals surface area contributed by atoms with E-state index in [1.165, 1.54) is 12.1 Å². The number of nitrogens with zero attached hydrogens (tertiary/aromatic N) is 2. The fourth-order valence-corrected chi connectivity index (χ4v) is 2.36. The molecule has 1 heterocycles. The van der Waals surface area contributed by atoms with Gasteiger partial charge in [-0.1, -0.05) is 11.6 Å². The monoisotopic (exact) mass is 371 g/mol. The van der Waals surface area contributed by atoms with Crippen molar-refractivity contribution in [2.45, 2.75) is 6.92 Å². The van der Waals surface area contributed by atoms with E-state index in [-0.39, 0.29) is 11.6 Å². The van der Waals surface area contributed by atoms with Crippen molar-refractivity contribution in [3.63, 3.8) is 0 Å². The minimum Gasteiger partial charge on any atom is -0.438 e. The molecule has 2 aromatic rings. The lowest BCUT2D eigenvalue weighted by Crippen LogP contribution is -2.02. The highest BCUT2D eigenvalue weighted by atomic mass is 79.9. The molecule has 0 radical (unpaired) electrons. The Morgan fingerprint density at radius 1 is 1.43 bits per heavy atom.